The normalized spacial score (nSPS) is 22.0. The third-order valence-corrected chi connectivity index (χ3v) is 5.38. The second-order valence-electron chi connectivity index (χ2n) is 7.31. The molecule has 2 atom stereocenters. The summed E-state index contributed by atoms with van der Waals surface area (Å²) in [6.45, 7) is 7.11. The van der Waals surface area contributed by atoms with E-state index in [1.165, 1.54) is 6.26 Å². The van der Waals surface area contributed by atoms with Crippen molar-refractivity contribution >= 4 is 9.84 Å². The molecule has 2 aromatic rings. The van der Waals surface area contributed by atoms with E-state index in [1.54, 1.807) is 24.3 Å². The molecule has 0 aliphatic carbocycles. The molecule has 1 aromatic carbocycles. The number of hydrogen-bond donors (Lipinski definition) is 0. The van der Waals surface area contributed by atoms with Gasteiger partial charge in [-0.2, -0.15) is 4.98 Å². The van der Waals surface area contributed by atoms with E-state index in [0.717, 1.165) is 6.42 Å². The van der Waals surface area contributed by atoms with Gasteiger partial charge in [-0.15, -0.1) is 0 Å². The first-order valence-corrected chi connectivity index (χ1v) is 9.81. The average Bonchev–Trinajstić information content (AvgIpc) is 3.15. The van der Waals surface area contributed by atoms with Crippen LogP contribution in [0.3, 0.4) is 0 Å². The van der Waals surface area contributed by atoms with Crippen LogP contribution in [0.1, 0.15) is 38.9 Å². The first-order valence-electron chi connectivity index (χ1n) is 7.92. The Morgan fingerprint density at radius 3 is 2.42 bits per heavy atom. The molecule has 24 heavy (non-hydrogen) atoms. The zero-order valence-electron chi connectivity index (χ0n) is 14.3. The highest BCUT2D eigenvalue weighted by molar-refractivity contribution is 7.90. The van der Waals surface area contributed by atoms with Crippen LogP contribution in [0.5, 0.6) is 0 Å². The Balaban J connectivity index is 1.86. The van der Waals surface area contributed by atoms with Crippen LogP contribution in [-0.4, -0.2) is 37.5 Å². The van der Waals surface area contributed by atoms with E-state index in [0.29, 0.717) is 23.9 Å². The molecular weight excluding hydrogens is 328 g/mol. The lowest BCUT2D eigenvalue weighted by Gasteiger charge is -2.29. The standard InChI is InChI=1S/C17H22N2O4S/c1-17(2,3)14-13(9-10-22-14)15-18-16(23-19-15)11-5-7-12(8-6-11)24(4,20)21/h5-8,13-14H,9-10H2,1-4H3/t13-,14-/m0/s1. The third-order valence-electron chi connectivity index (χ3n) is 4.25. The number of ether oxygens (including phenoxy) is 1. The molecule has 0 saturated carbocycles. The molecule has 0 N–H and O–H groups in total. The maximum atomic E-state index is 11.5. The summed E-state index contributed by atoms with van der Waals surface area (Å²) >= 11 is 0. The number of rotatable bonds is 3. The molecule has 2 heterocycles. The van der Waals surface area contributed by atoms with Crippen molar-refractivity contribution in [2.75, 3.05) is 12.9 Å². The Hall–Kier alpha value is -1.73. The summed E-state index contributed by atoms with van der Waals surface area (Å²) in [6, 6.07) is 6.45. The minimum atomic E-state index is -3.22. The summed E-state index contributed by atoms with van der Waals surface area (Å²) in [5.74, 6) is 1.15. The van der Waals surface area contributed by atoms with E-state index in [1.807, 2.05) is 0 Å². The predicted molar refractivity (Wildman–Crippen MR) is 89.4 cm³/mol. The lowest BCUT2D eigenvalue weighted by Crippen LogP contribution is -2.30. The van der Waals surface area contributed by atoms with Crippen LogP contribution in [-0.2, 0) is 14.6 Å². The van der Waals surface area contributed by atoms with Crippen molar-refractivity contribution in [1.82, 2.24) is 10.1 Å². The van der Waals surface area contributed by atoms with Crippen molar-refractivity contribution in [3.63, 3.8) is 0 Å². The van der Waals surface area contributed by atoms with Gasteiger partial charge in [-0.25, -0.2) is 8.42 Å². The van der Waals surface area contributed by atoms with Gasteiger partial charge in [0.15, 0.2) is 15.7 Å². The highest BCUT2D eigenvalue weighted by Crippen LogP contribution is 2.40. The Bertz CT molecular complexity index is 819. The first kappa shape index (κ1) is 17.1. The smallest absolute Gasteiger partial charge is 0.257 e. The molecule has 0 radical (unpaired) electrons. The van der Waals surface area contributed by atoms with E-state index in [-0.39, 0.29) is 22.3 Å². The van der Waals surface area contributed by atoms with E-state index in [9.17, 15) is 8.42 Å². The minimum absolute atomic E-state index is 0.000899. The quantitative estimate of drug-likeness (QED) is 0.846. The van der Waals surface area contributed by atoms with Crippen LogP contribution >= 0.6 is 0 Å². The van der Waals surface area contributed by atoms with Crippen LogP contribution < -0.4 is 0 Å². The molecule has 1 aliphatic rings. The average molecular weight is 350 g/mol. The maximum absolute atomic E-state index is 11.5. The van der Waals surface area contributed by atoms with Crippen LogP contribution in [0.4, 0.5) is 0 Å². The topological polar surface area (TPSA) is 82.3 Å². The summed E-state index contributed by atoms with van der Waals surface area (Å²) in [5.41, 5.74) is 0.700. The van der Waals surface area contributed by atoms with E-state index >= 15 is 0 Å². The number of hydrogen-bond acceptors (Lipinski definition) is 6. The summed E-state index contributed by atoms with van der Waals surface area (Å²) in [6.07, 6.45) is 2.10. The van der Waals surface area contributed by atoms with Crippen molar-refractivity contribution in [3.8, 4) is 11.5 Å². The van der Waals surface area contributed by atoms with Gasteiger partial charge >= 0.3 is 0 Å². The third kappa shape index (κ3) is 3.37. The Kier molecular flexibility index (Phi) is 4.25. The Morgan fingerprint density at radius 2 is 1.83 bits per heavy atom. The largest absolute Gasteiger partial charge is 0.377 e. The fourth-order valence-corrected chi connectivity index (χ4v) is 3.69. The molecule has 1 saturated heterocycles. The molecule has 0 amide bonds. The van der Waals surface area contributed by atoms with Gasteiger partial charge in [0.25, 0.3) is 5.89 Å². The molecule has 3 rings (SSSR count). The fourth-order valence-electron chi connectivity index (χ4n) is 3.05. The number of aromatic nitrogens is 2. The maximum Gasteiger partial charge on any atom is 0.257 e. The summed E-state index contributed by atoms with van der Waals surface area (Å²) in [7, 11) is -3.22. The lowest BCUT2D eigenvalue weighted by molar-refractivity contribution is 0.0193. The molecule has 7 heteroatoms. The van der Waals surface area contributed by atoms with Crippen molar-refractivity contribution in [1.29, 1.82) is 0 Å². The van der Waals surface area contributed by atoms with Crippen molar-refractivity contribution in [3.05, 3.63) is 30.1 Å². The minimum Gasteiger partial charge on any atom is -0.377 e. The van der Waals surface area contributed by atoms with Gasteiger partial charge in [0, 0.05) is 18.4 Å². The van der Waals surface area contributed by atoms with Crippen molar-refractivity contribution < 1.29 is 17.7 Å². The van der Waals surface area contributed by atoms with Gasteiger partial charge in [0.2, 0.25) is 0 Å². The lowest BCUT2D eigenvalue weighted by atomic mass is 9.81. The van der Waals surface area contributed by atoms with Crippen molar-refractivity contribution in [2.45, 2.75) is 44.1 Å². The first-order chi connectivity index (χ1) is 11.2. The van der Waals surface area contributed by atoms with E-state index in [4.69, 9.17) is 9.26 Å². The number of benzene rings is 1. The highest BCUT2D eigenvalue weighted by atomic mass is 32.2. The molecule has 1 aromatic heterocycles. The van der Waals surface area contributed by atoms with Gasteiger partial charge in [-0.3, -0.25) is 0 Å². The Labute approximate surface area is 142 Å². The van der Waals surface area contributed by atoms with Gasteiger partial charge in [0.05, 0.1) is 16.9 Å². The molecular formula is C17H22N2O4S. The highest BCUT2D eigenvalue weighted by Gasteiger charge is 2.40. The molecule has 1 fully saturated rings. The number of sulfone groups is 1. The summed E-state index contributed by atoms with van der Waals surface area (Å²) in [4.78, 5) is 4.78. The molecule has 6 nitrogen and oxygen atoms in total. The molecule has 0 bridgehead atoms. The predicted octanol–water partition coefficient (Wildman–Crippen LogP) is 3.06. The fraction of sp³-hybridized carbons (Fsp3) is 0.529. The second kappa shape index (κ2) is 5.97. The monoisotopic (exact) mass is 350 g/mol. The van der Waals surface area contributed by atoms with Crippen LogP contribution in [0.15, 0.2) is 33.7 Å². The van der Waals surface area contributed by atoms with Gasteiger partial charge in [-0.05, 0) is 36.1 Å². The zero-order valence-corrected chi connectivity index (χ0v) is 15.1. The second-order valence-corrected chi connectivity index (χ2v) is 9.32. The zero-order chi connectivity index (χ0) is 17.5. The SMILES string of the molecule is CC(C)(C)[C@H]1OCC[C@@H]1c1noc(-c2ccc(S(C)(=O)=O)cc2)n1. The summed E-state index contributed by atoms with van der Waals surface area (Å²) < 4.78 is 34.3. The van der Waals surface area contributed by atoms with E-state index < -0.39 is 9.84 Å². The summed E-state index contributed by atoms with van der Waals surface area (Å²) in [5, 5.41) is 4.13. The Morgan fingerprint density at radius 1 is 1.17 bits per heavy atom. The van der Waals surface area contributed by atoms with Gasteiger partial charge in [-0.1, -0.05) is 25.9 Å². The van der Waals surface area contributed by atoms with E-state index in [2.05, 4.69) is 30.9 Å². The van der Waals surface area contributed by atoms with Gasteiger partial charge in [0.1, 0.15) is 0 Å². The molecule has 1 aliphatic heterocycles. The van der Waals surface area contributed by atoms with Crippen LogP contribution in [0, 0.1) is 5.41 Å². The van der Waals surface area contributed by atoms with Crippen LogP contribution in [0.25, 0.3) is 11.5 Å². The molecule has 130 valence electrons. The van der Waals surface area contributed by atoms with Gasteiger partial charge < -0.3 is 9.26 Å². The van der Waals surface area contributed by atoms with Crippen molar-refractivity contribution in [2.24, 2.45) is 5.41 Å². The molecule has 0 spiro atoms. The number of nitrogens with zero attached hydrogens (tertiary/aromatic N) is 2. The van der Waals surface area contributed by atoms with Crippen LogP contribution in [0.2, 0.25) is 0 Å². The molecule has 0 unspecified atom stereocenters.